The Morgan fingerprint density at radius 2 is 1.77 bits per heavy atom. The van der Waals surface area contributed by atoms with Crippen LogP contribution in [-0.2, 0) is 22.7 Å². The van der Waals surface area contributed by atoms with Crippen LogP contribution in [0.4, 0.5) is 13.2 Å². The van der Waals surface area contributed by atoms with E-state index in [-0.39, 0.29) is 48.4 Å². The van der Waals surface area contributed by atoms with Crippen molar-refractivity contribution in [2.75, 3.05) is 26.4 Å². The van der Waals surface area contributed by atoms with Crippen LogP contribution in [0.1, 0.15) is 38.3 Å². The molecule has 0 fully saturated rings. The molecule has 0 heterocycles. The summed E-state index contributed by atoms with van der Waals surface area (Å²) in [6.07, 6.45) is -2.97. The Labute approximate surface area is 193 Å². The number of ether oxygens (including phenoxy) is 1. The molecule has 1 aromatic rings. The first-order valence-electron chi connectivity index (χ1n) is 8.99. The summed E-state index contributed by atoms with van der Waals surface area (Å²) in [5, 5.41) is 5.76. The van der Waals surface area contributed by atoms with Crippen molar-refractivity contribution >= 4 is 40.0 Å². The number of nitrogens with one attached hydrogen (secondary N) is 3. The molecule has 0 unspecified atom stereocenters. The van der Waals surface area contributed by atoms with Gasteiger partial charge in [0.1, 0.15) is 11.4 Å². The van der Waals surface area contributed by atoms with Gasteiger partial charge in [0.05, 0.1) is 11.8 Å². The number of benzene rings is 1. The zero-order chi connectivity index (χ0) is 22.3. The van der Waals surface area contributed by atoms with Crippen molar-refractivity contribution < 1.29 is 26.3 Å². The summed E-state index contributed by atoms with van der Waals surface area (Å²) in [4.78, 5) is 3.96. The van der Waals surface area contributed by atoms with Gasteiger partial charge in [-0.05, 0) is 44.9 Å². The van der Waals surface area contributed by atoms with Crippen molar-refractivity contribution in [3.05, 3.63) is 29.3 Å². The largest absolute Gasteiger partial charge is 0.488 e. The molecule has 0 spiro atoms. The van der Waals surface area contributed by atoms with Gasteiger partial charge in [0.15, 0.2) is 5.96 Å². The Hall–Kier alpha value is -1.28. The van der Waals surface area contributed by atoms with E-state index in [4.69, 9.17) is 4.74 Å². The van der Waals surface area contributed by atoms with Crippen molar-refractivity contribution in [1.82, 2.24) is 15.4 Å². The van der Waals surface area contributed by atoms with Crippen molar-refractivity contribution in [3.8, 4) is 5.75 Å². The minimum atomic E-state index is -4.53. The van der Waals surface area contributed by atoms with E-state index in [2.05, 4.69) is 20.3 Å². The summed E-state index contributed by atoms with van der Waals surface area (Å²) in [5.74, 6) is 0.460. The highest BCUT2D eigenvalue weighted by atomic mass is 127. The van der Waals surface area contributed by atoms with Crippen LogP contribution in [-0.4, -0.2) is 46.4 Å². The molecule has 174 valence electrons. The number of nitrogens with zero attached hydrogens (tertiary/aromatic N) is 1. The van der Waals surface area contributed by atoms with Crippen molar-refractivity contribution in [3.63, 3.8) is 0 Å². The molecule has 7 nitrogen and oxygen atoms in total. The van der Waals surface area contributed by atoms with Gasteiger partial charge in [0.2, 0.25) is 10.0 Å². The first-order valence-corrected chi connectivity index (χ1v) is 10.9. The summed E-state index contributed by atoms with van der Waals surface area (Å²) in [5.41, 5.74) is -1.33. The molecule has 0 aliphatic heterocycles. The van der Waals surface area contributed by atoms with Crippen LogP contribution < -0.4 is 20.1 Å². The highest BCUT2D eigenvalue weighted by molar-refractivity contribution is 14.0. The second kappa shape index (κ2) is 11.9. The Morgan fingerprint density at radius 3 is 2.27 bits per heavy atom. The minimum Gasteiger partial charge on any atom is -0.488 e. The smallest absolute Gasteiger partial charge is 0.416 e. The van der Waals surface area contributed by atoms with Crippen LogP contribution in [0.25, 0.3) is 0 Å². The molecule has 0 atom stereocenters. The van der Waals surface area contributed by atoms with E-state index in [1.54, 1.807) is 20.8 Å². The van der Waals surface area contributed by atoms with Crippen molar-refractivity contribution in [1.29, 1.82) is 0 Å². The van der Waals surface area contributed by atoms with Gasteiger partial charge in [-0.15, -0.1) is 24.0 Å². The summed E-state index contributed by atoms with van der Waals surface area (Å²) >= 11 is 0. The first kappa shape index (κ1) is 28.7. The maximum absolute atomic E-state index is 13.5. The predicted molar refractivity (Wildman–Crippen MR) is 123 cm³/mol. The average molecular weight is 566 g/mol. The molecule has 0 bridgehead atoms. The molecule has 1 aromatic carbocycles. The van der Waals surface area contributed by atoms with Crippen LogP contribution in [0.2, 0.25) is 0 Å². The maximum atomic E-state index is 13.5. The van der Waals surface area contributed by atoms with E-state index in [1.807, 2.05) is 0 Å². The molecule has 0 radical (unpaired) electrons. The van der Waals surface area contributed by atoms with Gasteiger partial charge >= 0.3 is 6.18 Å². The van der Waals surface area contributed by atoms with Gasteiger partial charge < -0.3 is 15.4 Å². The number of aliphatic imine (C=N–C) groups is 1. The van der Waals surface area contributed by atoms with Gasteiger partial charge in [-0.25, -0.2) is 13.1 Å². The first-order chi connectivity index (χ1) is 13.2. The molecule has 0 amide bonds. The van der Waals surface area contributed by atoms with Crippen LogP contribution in [0.5, 0.6) is 5.75 Å². The monoisotopic (exact) mass is 566 g/mol. The number of sulfonamides is 1. The van der Waals surface area contributed by atoms with Crippen molar-refractivity contribution in [2.24, 2.45) is 4.99 Å². The van der Waals surface area contributed by atoms with E-state index in [0.29, 0.717) is 18.9 Å². The molecule has 3 N–H and O–H groups in total. The van der Waals surface area contributed by atoms with E-state index in [1.165, 1.54) is 19.2 Å². The topological polar surface area (TPSA) is 91.8 Å². The van der Waals surface area contributed by atoms with Crippen LogP contribution >= 0.6 is 24.0 Å². The quantitative estimate of drug-likeness (QED) is 0.195. The van der Waals surface area contributed by atoms with Gasteiger partial charge in [-0.1, -0.05) is 6.07 Å². The number of guanidine groups is 1. The highest BCUT2D eigenvalue weighted by Crippen LogP contribution is 2.35. The normalized spacial score (nSPS) is 12.9. The lowest BCUT2D eigenvalue weighted by atomic mass is 10.1. The highest BCUT2D eigenvalue weighted by Gasteiger charge is 2.34. The van der Waals surface area contributed by atoms with E-state index >= 15 is 0 Å². The Kier molecular flexibility index (Phi) is 11.4. The summed E-state index contributed by atoms with van der Waals surface area (Å²) in [6, 6.07) is 3.88. The van der Waals surface area contributed by atoms with E-state index in [0.717, 1.165) is 12.3 Å². The van der Waals surface area contributed by atoms with Crippen LogP contribution in [0.15, 0.2) is 23.2 Å². The Balaban J connectivity index is 0.00000841. The minimum absolute atomic E-state index is 0. The fraction of sp³-hybridized carbons (Fsp3) is 0.611. The maximum Gasteiger partial charge on any atom is 0.416 e. The lowest BCUT2D eigenvalue weighted by molar-refractivity contribution is -0.138. The Bertz CT molecular complexity index is 810. The predicted octanol–water partition coefficient (Wildman–Crippen LogP) is 3.11. The number of rotatable bonds is 8. The molecule has 0 aromatic heterocycles. The molecule has 1 rings (SSSR count). The summed E-state index contributed by atoms with van der Waals surface area (Å²) < 4.78 is 70.3. The summed E-state index contributed by atoms with van der Waals surface area (Å²) in [7, 11) is -1.76. The third-order valence-corrected chi connectivity index (χ3v) is 4.22. The second-order valence-corrected chi connectivity index (χ2v) is 9.24. The van der Waals surface area contributed by atoms with Gasteiger partial charge in [-0.3, -0.25) is 4.99 Å². The number of hydrogen-bond donors (Lipinski definition) is 3. The molecule has 0 saturated carbocycles. The third-order valence-electron chi connectivity index (χ3n) is 3.49. The number of alkyl halides is 3. The Morgan fingerprint density at radius 1 is 1.13 bits per heavy atom. The molecular formula is C18H30F3IN4O3S. The third kappa shape index (κ3) is 11.8. The molecule has 30 heavy (non-hydrogen) atoms. The molecule has 12 heteroatoms. The fourth-order valence-corrected chi connectivity index (χ4v) is 2.86. The van der Waals surface area contributed by atoms with Gasteiger partial charge in [0.25, 0.3) is 0 Å². The summed E-state index contributed by atoms with van der Waals surface area (Å²) in [6.45, 7) is 5.83. The van der Waals surface area contributed by atoms with E-state index in [9.17, 15) is 21.6 Å². The molecule has 0 aliphatic rings. The molecule has 0 saturated heterocycles. The van der Waals surface area contributed by atoms with Crippen LogP contribution in [0, 0.1) is 0 Å². The standard InChI is InChI=1S/C18H29F3N4O3S.HI/c1-17(2,3)28-14-8-7-13(15(11-14)18(19,20)21)12-24-16(22-4)23-9-6-10-25-29(5,26)27;/h7-8,11,25H,6,9-10,12H2,1-5H3,(H2,22,23,24);1H. The lowest BCUT2D eigenvalue weighted by Crippen LogP contribution is -2.38. The fourth-order valence-electron chi connectivity index (χ4n) is 2.34. The molecular weight excluding hydrogens is 536 g/mol. The van der Waals surface area contributed by atoms with Gasteiger partial charge in [-0.2, -0.15) is 13.2 Å². The SMILES string of the molecule is CN=C(NCCCNS(C)(=O)=O)NCc1ccc(OC(C)(C)C)cc1C(F)(F)F.I. The lowest BCUT2D eigenvalue weighted by Gasteiger charge is -2.23. The zero-order valence-corrected chi connectivity index (χ0v) is 20.8. The van der Waals surface area contributed by atoms with Crippen molar-refractivity contribution in [2.45, 2.75) is 45.5 Å². The zero-order valence-electron chi connectivity index (χ0n) is 17.7. The second-order valence-electron chi connectivity index (χ2n) is 7.40. The number of halogens is 4. The number of hydrogen-bond acceptors (Lipinski definition) is 4. The molecule has 0 aliphatic carbocycles. The van der Waals surface area contributed by atoms with Crippen LogP contribution in [0.3, 0.4) is 0 Å². The average Bonchev–Trinajstić information content (AvgIpc) is 2.54. The van der Waals surface area contributed by atoms with E-state index < -0.39 is 27.4 Å². The van der Waals surface area contributed by atoms with Gasteiger partial charge in [0, 0.05) is 26.7 Å².